The second-order valence-corrected chi connectivity index (χ2v) is 6.17. The van der Waals surface area contributed by atoms with Crippen molar-refractivity contribution in [1.82, 2.24) is 25.0 Å². The fraction of sp³-hybridized carbons (Fsp3) is 0.375. The minimum absolute atomic E-state index is 0.173. The topological polar surface area (TPSA) is 84.0 Å². The molecule has 23 heavy (non-hydrogen) atoms. The Morgan fingerprint density at radius 3 is 3.09 bits per heavy atom. The number of H-pyrrole nitrogens is 1. The molecular formula is C16H16N6O. The molecule has 1 fully saturated rings. The van der Waals surface area contributed by atoms with Crippen LogP contribution in [0, 0.1) is 12.5 Å². The molecule has 1 aliphatic carbocycles. The van der Waals surface area contributed by atoms with E-state index in [9.17, 15) is 5.11 Å². The standard InChI is InChI=1S/C16H16N6O/c1-17-10-16(4-11(5-16)9-23)22-8-12(6-20-22)14-7-19-21-15-13(14)2-3-18-15/h2-3,6-8,11,23H,4-5,9-10H2,(H,18,21). The lowest BCUT2D eigenvalue weighted by Crippen LogP contribution is -2.49. The fourth-order valence-electron chi connectivity index (χ4n) is 3.51. The SMILES string of the molecule is [C-]#[N+]CC1(n2cc(-c3cnnc4[nH]ccc34)cn2)CC(CO)C1. The molecule has 3 aromatic heterocycles. The first-order valence-electron chi connectivity index (χ1n) is 7.54. The van der Waals surface area contributed by atoms with Crippen molar-refractivity contribution in [3.63, 3.8) is 0 Å². The summed E-state index contributed by atoms with van der Waals surface area (Å²) in [6.07, 6.45) is 8.94. The number of rotatable bonds is 4. The predicted octanol–water partition coefficient (Wildman–Crippen LogP) is 1.84. The van der Waals surface area contributed by atoms with Gasteiger partial charge in [0.05, 0.1) is 12.4 Å². The van der Waals surface area contributed by atoms with E-state index in [-0.39, 0.29) is 18.1 Å². The predicted molar refractivity (Wildman–Crippen MR) is 84.4 cm³/mol. The summed E-state index contributed by atoms with van der Waals surface area (Å²) in [4.78, 5) is 6.63. The zero-order valence-corrected chi connectivity index (χ0v) is 12.5. The zero-order valence-electron chi connectivity index (χ0n) is 12.5. The lowest BCUT2D eigenvalue weighted by Gasteiger charge is -2.43. The molecule has 2 N–H and O–H groups in total. The van der Waals surface area contributed by atoms with Gasteiger partial charge in [0.2, 0.25) is 6.54 Å². The number of nitrogens with zero attached hydrogens (tertiary/aromatic N) is 5. The molecule has 1 saturated carbocycles. The Morgan fingerprint density at radius 2 is 2.30 bits per heavy atom. The van der Waals surface area contributed by atoms with Crippen LogP contribution in [0.15, 0.2) is 30.9 Å². The van der Waals surface area contributed by atoms with Crippen molar-refractivity contribution in [2.24, 2.45) is 5.92 Å². The Bertz CT molecular complexity index is 883. The third-order valence-corrected chi connectivity index (χ3v) is 4.71. The van der Waals surface area contributed by atoms with E-state index in [1.807, 2.05) is 23.1 Å². The van der Waals surface area contributed by atoms with Crippen molar-refractivity contribution in [3.05, 3.63) is 42.3 Å². The molecule has 0 radical (unpaired) electrons. The number of aliphatic hydroxyl groups is 1. The summed E-state index contributed by atoms with van der Waals surface area (Å²) < 4.78 is 1.89. The van der Waals surface area contributed by atoms with Crippen LogP contribution in [0.4, 0.5) is 0 Å². The molecule has 7 nitrogen and oxygen atoms in total. The van der Waals surface area contributed by atoms with E-state index >= 15 is 0 Å². The molecule has 0 unspecified atom stereocenters. The van der Waals surface area contributed by atoms with Gasteiger partial charge in [-0.15, -0.1) is 5.10 Å². The Morgan fingerprint density at radius 1 is 1.43 bits per heavy atom. The number of nitrogens with one attached hydrogen (secondary N) is 1. The minimum Gasteiger partial charge on any atom is -0.396 e. The molecule has 3 heterocycles. The maximum atomic E-state index is 9.29. The molecule has 1 aliphatic rings. The molecule has 0 aromatic carbocycles. The number of hydrogen-bond acceptors (Lipinski definition) is 4. The van der Waals surface area contributed by atoms with Crippen molar-refractivity contribution in [2.75, 3.05) is 13.2 Å². The summed E-state index contributed by atoms with van der Waals surface area (Å²) in [5.41, 5.74) is 2.39. The first-order chi connectivity index (χ1) is 11.3. The van der Waals surface area contributed by atoms with E-state index in [1.54, 1.807) is 12.4 Å². The van der Waals surface area contributed by atoms with Gasteiger partial charge < -0.3 is 14.9 Å². The molecule has 3 aromatic rings. The molecule has 7 heteroatoms. The molecule has 0 bridgehead atoms. The molecule has 0 atom stereocenters. The van der Waals surface area contributed by atoms with Crippen LogP contribution in [0.1, 0.15) is 12.8 Å². The molecule has 0 spiro atoms. The Labute approximate surface area is 132 Å². The third-order valence-electron chi connectivity index (χ3n) is 4.71. The van der Waals surface area contributed by atoms with Crippen molar-refractivity contribution >= 4 is 11.0 Å². The van der Waals surface area contributed by atoms with Gasteiger partial charge in [0.1, 0.15) is 5.54 Å². The molecule has 0 saturated heterocycles. The van der Waals surface area contributed by atoms with Gasteiger partial charge in [-0.1, -0.05) is 0 Å². The van der Waals surface area contributed by atoms with Gasteiger partial charge in [-0.25, -0.2) is 6.57 Å². The summed E-state index contributed by atoms with van der Waals surface area (Å²) in [6.45, 7) is 7.79. The van der Waals surface area contributed by atoms with E-state index < -0.39 is 0 Å². The summed E-state index contributed by atoms with van der Waals surface area (Å²) in [5, 5.41) is 22.9. The summed E-state index contributed by atoms with van der Waals surface area (Å²) in [6, 6.07) is 1.97. The lowest BCUT2D eigenvalue weighted by molar-refractivity contribution is 0.0293. The number of aliphatic hydroxyl groups excluding tert-OH is 1. The van der Waals surface area contributed by atoms with Crippen LogP contribution in [-0.4, -0.2) is 43.2 Å². The van der Waals surface area contributed by atoms with Crippen LogP contribution >= 0.6 is 0 Å². The first-order valence-corrected chi connectivity index (χ1v) is 7.54. The van der Waals surface area contributed by atoms with Crippen LogP contribution in [0.5, 0.6) is 0 Å². The summed E-state index contributed by atoms with van der Waals surface area (Å²) in [5.74, 6) is 0.267. The van der Waals surface area contributed by atoms with Gasteiger partial charge in [0.25, 0.3) is 0 Å². The fourth-order valence-corrected chi connectivity index (χ4v) is 3.51. The van der Waals surface area contributed by atoms with Gasteiger partial charge in [-0.2, -0.15) is 10.2 Å². The van der Waals surface area contributed by atoms with Gasteiger partial charge in [-0.05, 0) is 24.8 Å². The van der Waals surface area contributed by atoms with Gasteiger partial charge in [0.15, 0.2) is 5.65 Å². The second kappa shape index (κ2) is 5.18. The molecule has 0 amide bonds. The van der Waals surface area contributed by atoms with E-state index in [0.29, 0.717) is 6.54 Å². The Kier molecular flexibility index (Phi) is 3.13. The number of hydrogen-bond donors (Lipinski definition) is 2. The van der Waals surface area contributed by atoms with Crippen LogP contribution in [0.3, 0.4) is 0 Å². The lowest BCUT2D eigenvalue weighted by atomic mass is 9.68. The molecule has 116 valence electrons. The maximum Gasteiger partial charge on any atom is 0.239 e. The van der Waals surface area contributed by atoms with Crippen LogP contribution < -0.4 is 0 Å². The number of fused-ring (bicyclic) bond motifs is 1. The second-order valence-electron chi connectivity index (χ2n) is 6.17. The largest absolute Gasteiger partial charge is 0.396 e. The van der Waals surface area contributed by atoms with E-state index in [4.69, 9.17) is 6.57 Å². The van der Waals surface area contributed by atoms with Gasteiger partial charge in [0, 0.05) is 35.5 Å². The smallest absolute Gasteiger partial charge is 0.239 e. The highest BCUT2D eigenvalue weighted by Gasteiger charge is 2.49. The summed E-state index contributed by atoms with van der Waals surface area (Å²) >= 11 is 0. The van der Waals surface area contributed by atoms with Crippen molar-refractivity contribution in [1.29, 1.82) is 0 Å². The minimum atomic E-state index is -0.287. The Hall–Kier alpha value is -2.72. The van der Waals surface area contributed by atoms with Crippen molar-refractivity contribution in [3.8, 4) is 11.1 Å². The molecule has 4 rings (SSSR count). The highest BCUT2D eigenvalue weighted by Crippen LogP contribution is 2.44. The van der Waals surface area contributed by atoms with E-state index in [0.717, 1.165) is 35.0 Å². The van der Waals surface area contributed by atoms with Gasteiger partial charge in [-0.3, -0.25) is 4.68 Å². The summed E-state index contributed by atoms with van der Waals surface area (Å²) in [7, 11) is 0. The third kappa shape index (κ3) is 2.11. The van der Waals surface area contributed by atoms with Gasteiger partial charge >= 0.3 is 0 Å². The molecule has 0 aliphatic heterocycles. The number of aromatic nitrogens is 5. The van der Waals surface area contributed by atoms with Crippen LogP contribution in [0.25, 0.3) is 27.0 Å². The van der Waals surface area contributed by atoms with E-state index in [2.05, 4.69) is 25.1 Å². The molecular weight excluding hydrogens is 292 g/mol. The van der Waals surface area contributed by atoms with Crippen LogP contribution in [-0.2, 0) is 5.54 Å². The quantitative estimate of drug-likeness (QED) is 0.720. The maximum absolute atomic E-state index is 9.29. The highest BCUT2D eigenvalue weighted by molar-refractivity contribution is 5.91. The Balaban J connectivity index is 1.72. The monoisotopic (exact) mass is 308 g/mol. The first kappa shape index (κ1) is 13.9. The van der Waals surface area contributed by atoms with Crippen molar-refractivity contribution in [2.45, 2.75) is 18.4 Å². The van der Waals surface area contributed by atoms with E-state index in [1.165, 1.54) is 0 Å². The van der Waals surface area contributed by atoms with Crippen molar-refractivity contribution < 1.29 is 5.11 Å². The average Bonchev–Trinajstić information content (AvgIpc) is 3.18. The highest BCUT2D eigenvalue weighted by atomic mass is 16.3. The van der Waals surface area contributed by atoms with Crippen LogP contribution in [0.2, 0.25) is 0 Å². The average molecular weight is 308 g/mol. The number of aromatic amines is 1. The normalized spacial score (nSPS) is 23.6. The zero-order chi connectivity index (χ0) is 15.9.